The number of hydrogen-bond acceptors (Lipinski definition) is 2. The third-order valence-corrected chi connectivity index (χ3v) is 2.16. The minimum Gasteiger partial charge on any atom is -0.478 e. The van der Waals surface area contributed by atoms with Crippen molar-refractivity contribution < 1.29 is 14.3 Å². The summed E-state index contributed by atoms with van der Waals surface area (Å²) in [5.74, 6) is -1.94. The van der Waals surface area contributed by atoms with E-state index in [4.69, 9.17) is 5.11 Å². The lowest BCUT2D eigenvalue weighted by molar-refractivity contribution is 0.0692. The van der Waals surface area contributed by atoms with E-state index in [0.717, 1.165) is 5.56 Å². The average Bonchev–Trinajstić information content (AvgIpc) is 2.15. The van der Waals surface area contributed by atoms with Crippen LogP contribution in [0.15, 0.2) is 18.2 Å². The summed E-state index contributed by atoms with van der Waals surface area (Å²) in [6, 6.07) is 4.13. The Morgan fingerprint density at radius 1 is 1.57 bits per heavy atom. The number of nitrogens with one attached hydrogen (secondary N) is 1. The van der Waals surface area contributed by atoms with Crippen LogP contribution in [0.4, 0.5) is 4.39 Å². The van der Waals surface area contributed by atoms with Crippen molar-refractivity contribution in [1.82, 2.24) is 5.32 Å². The van der Waals surface area contributed by atoms with Gasteiger partial charge < -0.3 is 10.4 Å². The Bertz CT molecular complexity index is 352. The van der Waals surface area contributed by atoms with E-state index in [2.05, 4.69) is 5.32 Å². The summed E-state index contributed by atoms with van der Waals surface area (Å²) < 4.78 is 13.2. The van der Waals surface area contributed by atoms with Crippen molar-refractivity contribution >= 4 is 5.97 Å². The molecular weight excluding hydrogens is 185 g/mol. The molecule has 0 spiro atoms. The maximum Gasteiger partial charge on any atom is 0.338 e. The van der Waals surface area contributed by atoms with Crippen LogP contribution in [-0.4, -0.2) is 18.1 Å². The van der Waals surface area contributed by atoms with Crippen molar-refractivity contribution in [2.75, 3.05) is 7.05 Å². The summed E-state index contributed by atoms with van der Waals surface area (Å²) in [6.07, 6.45) is 0. The Morgan fingerprint density at radius 2 is 2.21 bits per heavy atom. The highest BCUT2D eigenvalue weighted by molar-refractivity contribution is 5.87. The second kappa shape index (κ2) is 4.19. The van der Waals surface area contributed by atoms with Crippen molar-refractivity contribution in [1.29, 1.82) is 0 Å². The fraction of sp³-hybridized carbons (Fsp3) is 0.300. The summed E-state index contributed by atoms with van der Waals surface area (Å²) in [5.41, 5.74) is 0.437. The largest absolute Gasteiger partial charge is 0.478 e. The second-order valence-corrected chi connectivity index (χ2v) is 3.05. The van der Waals surface area contributed by atoms with Crippen LogP contribution in [0.2, 0.25) is 0 Å². The summed E-state index contributed by atoms with van der Waals surface area (Å²) in [6.45, 7) is 1.87. The molecule has 0 saturated heterocycles. The fourth-order valence-corrected chi connectivity index (χ4v) is 1.14. The number of hydrogen-bond donors (Lipinski definition) is 2. The van der Waals surface area contributed by atoms with Crippen molar-refractivity contribution in [2.24, 2.45) is 0 Å². The van der Waals surface area contributed by atoms with Gasteiger partial charge >= 0.3 is 5.97 Å². The highest BCUT2D eigenvalue weighted by Gasteiger charge is 2.12. The van der Waals surface area contributed by atoms with Crippen molar-refractivity contribution in [3.05, 3.63) is 35.1 Å². The zero-order valence-electron chi connectivity index (χ0n) is 8.04. The van der Waals surface area contributed by atoms with E-state index < -0.39 is 11.8 Å². The molecule has 0 fully saturated rings. The number of carboxylic acid groups (broad SMARTS) is 1. The monoisotopic (exact) mass is 197 g/mol. The molecule has 76 valence electrons. The lowest BCUT2D eigenvalue weighted by atomic mass is 10.1. The van der Waals surface area contributed by atoms with E-state index in [9.17, 15) is 9.18 Å². The molecule has 1 atom stereocenters. The van der Waals surface area contributed by atoms with E-state index in [0.29, 0.717) is 0 Å². The van der Waals surface area contributed by atoms with Gasteiger partial charge in [-0.2, -0.15) is 0 Å². The predicted octanol–water partition coefficient (Wildman–Crippen LogP) is 1.80. The number of carboxylic acids is 1. The number of rotatable bonds is 3. The molecule has 0 aliphatic carbocycles. The number of benzene rings is 1. The molecule has 1 aromatic carbocycles. The van der Waals surface area contributed by atoms with Crippen LogP contribution in [0.3, 0.4) is 0 Å². The third-order valence-electron chi connectivity index (χ3n) is 2.16. The van der Waals surface area contributed by atoms with Crippen molar-refractivity contribution in [2.45, 2.75) is 13.0 Å². The van der Waals surface area contributed by atoms with Gasteiger partial charge in [-0.1, -0.05) is 6.07 Å². The van der Waals surface area contributed by atoms with Crippen LogP contribution in [0.25, 0.3) is 0 Å². The van der Waals surface area contributed by atoms with Gasteiger partial charge in [-0.3, -0.25) is 0 Å². The topological polar surface area (TPSA) is 49.3 Å². The van der Waals surface area contributed by atoms with E-state index in [-0.39, 0.29) is 11.6 Å². The smallest absolute Gasteiger partial charge is 0.338 e. The first-order valence-corrected chi connectivity index (χ1v) is 4.26. The number of aromatic carboxylic acids is 1. The Labute approximate surface area is 81.6 Å². The van der Waals surface area contributed by atoms with Gasteiger partial charge in [0.05, 0.1) is 5.56 Å². The second-order valence-electron chi connectivity index (χ2n) is 3.05. The maximum atomic E-state index is 13.2. The number of carbonyl (C=O) groups is 1. The standard InChI is InChI=1S/C10H12FNO2/c1-6(12-2)7-3-4-8(10(13)14)9(11)5-7/h3-6,12H,1-2H3,(H,13,14)/t6-/m1/s1. The average molecular weight is 197 g/mol. The lowest BCUT2D eigenvalue weighted by Crippen LogP contribution is -2.13. The van der Waals surface area contributed by atoms with Crippen LogP contribution < -0.4 is 5.32 Å². The zero-order chi connectivity index (χ0) is 10.7. The lowest BCUT2D eigenvalue weighted by Gasteiger charge is -2.10. The molecule has 0 saturated carbocycles. The zero-order valence-corrected chi connectivity index (χ0v) is 8.04. The molecule has 2 N–H and O–H groups in total. The summed E-state index contributed by atoms with van der Waals surface area (Å²) >= 11 is 0. The van der Waals surface area contributed by atoms with E-state index in [1.54, 1.807) is 13.1 Å². The molecule has 0 aliphatic rings. The summed E-state index contributed by atoms with van der Waals surface area (Å²) in [4.78, 5) is 10.5. The van der Waals surface area contributed by atoms with Gasteiger partial charge in [0.25, 0.3) is 0 Å². The molecule has 14 heavy (non-hydrogen) atoms. The molecule has 0 aliphatic heterocycles. The van der Waals surface area contributed by atoms with Crippen LogP contribution >= 0.6 is 0 Å². The first-order valence-electron chi connectivity index (χ1n) is 4.26. The van der Waals surface area contributed by atoms with Gasteiger partial charge in [0.15, 0.2) is 0 Å². The Kier molecular flexibility index (Phi) is 3.19. The first kappa shape index (κ1) is 10.7. The predicted molar refractivity (Wildman–Crippen MR) is 50.8 cm³/mol. The van der Waals surface area contributed by atoms with Gasteiger partial charge in [-0.25, -0.2) is 9.18 Å². The van der Waals surface area contributed by atoms with E-state index in [1.807, 2.05) is 6.92 Å². The third kappa shape index (κ3) is 2.09. The Hall–Kier alpha value is -1.42. The molecule has 0 amide bonds. The molecule has 4 heteroatoms. The van der Waals surface area contributed by atoms with Crippen molar-refractivity contribution in [3.8, 4) is 0 Å². The van der Waals surface area contributed by atoms with E-state index in [1.165, 1.54) is 12.1 Å². The minimum absolute atomic E-state index is 0.00680. The highest BCUT2D eigenvalue weighted by Crippen LogP contribution is 2.16. The molecule has 3 nitrogen and oxygen atoms in total. The van der Waals surface area contributed by atoms with Gasteiger partial charge in [0.1, 0.15) is 5.82 Å². The first-order chi connectivity index (χ1) is 6.56. The van der Waals surface area contributed by atoms with Crippen LogP contribution in [0.5, 0.6) is 0 Å². The quantitative estimate of drug-likeness (QED) is 0.776. The molecular formula is C10H12FNO2. The molecule has 0 heterocycles. The molecule has 1 rings (SSSR count). The van der Waals surface area contributed by atoms with Gasteiger partial charge in [0.2, 0.25) is 0 Å². The fourth-order valence-electron chi connectivity index (χ4n) is 1.14. The molecule has 0 unspecified atom stereocenters. The van der Waals surface area contributed by atoms with E-state index >= 15 is 0 Å². The highest BCUT2D eigenvalue weighted by atomic mass is 19.1. The SMILES string of the molecule is CN[C@H](C)c1ccc(C(=O)O)c(F)c1. The summed E-state index contributed by atoms with van der Waals surface area (Å²) in [7, 11) is 1.76. The van der Waals surface area contributed by atoms with Crippen molar-refractivity contribution in [3.63, 3.8) is 0 Å². The van der Waals surface area contributed by atoms with Crippen LogP contribution in [-0.2, 0) is 0 Å². The molecule has 0 bridgehead atoms. The Morgan fingerprint density at radius 3 is 2.64 bits per heavy atom. The molecule has 0 radical (unpaired) electrons. The van der Waals surface area contributed by atoms with Gasteiger partial charge in [-0.15, -0.1) is 0 Å². The van der Waals surface area contributed by atoms with Gasteiger partial charge in [-0.05, 0) is 31.7 Å². The van der Waals surface area contributed by atoms with Gasteiger partial charge in [0, 0.05) is 6.04 Å². The van der Waals surface area contributed by atoms with Crippen LogP contribution in [0.1, 0.15) is 28.9 Å². The van der Waals surface area contributed by atoms with Crippen LogP contribution in [0, 0.1) is 5.82 Å². The Balaban J connectivity index is 3.06. The summed E-state index contributed by atoms with van der Waals surface area (Å²) in [5, 5.41) is 11.5. The maximum absolute atomic E-state index is 13.2. The normalized spacial score (nSPS) is 12.5. The number of halogens is 1. The molecule has 0 aromatic heterocycles. The minimum atomic E-state index is -1.24. The molecule has 1 aromatic rings.